The van der Waals surface area contributed by atoms with Crippen LogP contribution in [0.15, 0.2) is 18.2 Å². The summed E-state index contributed by atoms with van der Waals surface area (Å²) >= 11 is 0. The van der Waals surface area contributed by atoms with Gasteiger partial charge in [0.2, 0.25) is 0 Å². The van der Waals surface area contributed by atoms with Gasteiger partial charge in [0.1, 0.15) is 6.04 Å². The number of hydrogen-bond acceptors (Lipinski definition) is 5. The fraction of sp³-hybridized carbons (Fsp3) is 0.611. The number of carbonyl (C=O) groups is 1. The molecule has 0 saturated carbocycles. The van der Waals surface area contributed by atoms with Gasteiger partial charge in [-0.25, -0.2) is 0 Å². The van der Waals surface area contributed by atoms with Crippen molar-refractivity contribution in [3.8, 4) is 11.5 Å². The lowest BCUT2D eigenvalue weighted by atomic mass is 10.1. The third kappa shape index (κ3) is 6.00. The molecular formula is C18H26F3N3O3. The lowest BCUT2D eigenvalue weighted by Gasteiger charge is -2.35. The van der Waals surface area contributed by atoms with Crippen molar-refractivity contribution >= 4 is 5.91 Å². The number of nitrogens with zero attached hydrogens (tertiary/aromatic N) is 1. The van der Waals surface area contributed by atoms with Crippen molar-refractivity contribution in [3.63, 3.8) is 0 Å². The lowest BCUT2D eigenvalue weighted by Crippen LogP contribution is -2.57. The Balaban J connectivity index is 2.06. The number of nitrogens with one attached hydrogen (secondary N) is 2. The minimum absolute atomic E-state index is 0.0786. The monoisotopic (exact) mass is 389 g/mol. The molecule has 1 saturated heterocycles. The Bertz CT molecular complexity index is 632. The fourth-order valence-electron chi connectivity index (χ4n) is 2.90. The molecule has 152 valence electrons. The molecule has 1 aromatic rings. The molecule has 1 aliphatic heterocycles. The second-order valence-corrected chi connectivity index (χ2v) is 6.59. The highest BCUT2D eigenvalue weighted by Gasteiger charge is 2.43. The zero-order chi connectivity index (χ0) is 20.0. The van der Waals surface area contributed by atoms with Crippen molar-refractivity contribution in [1.82, 2.24) is 15.5 Å². The average Bonchev–Trinajstić information content (AvgIpc) is 2.61. The van der Waals surface area contributed by atoms with Crippen LogP contribution >= 0.6 is 0 Å². The van der Waals surface area contributed by atoms with Crippen LogP contribution in [0.3, 0.4) is 0 Å². The van der Waals surface area contributed by atoms with Crippen LogP contribution in [0.2, 0.25) is 0 Å². The summed E-state index contributed by atoms with van der Waals surface area (Å²) in [6.07, 6.45) is -4.50. The SMILES string of the molecule is COc1cc(C(=O)NCC(N2CCNCC2)C(F)(F)F)ccc1OC(C)C. The zero-order valence-corrected chi connectivity index (χ0v) is 15.7. The van der Waals surface area contributed by atoms with Crippen molar-refractivity contribution < 1.29 is 27.4 Å². The number of amides is 1. The van der Waals surface area contributed by atoms with Gasteiger partial charge in [-0.3, -0.25) is 9.69 Å². The Morgan fingerprint density at radius 1 is 1.26 bits per heavy atom. The Hall–Kier alpha value is -2.00. The van der Waals surface area contributed by atoms with Crippen molar-refractivity contribution in [2.24, 2.45) is 0 Å². The molecule has 0 aromatic heterocycles. The Labute approximate surface area is 157 Å². The Morgan fingerprint density at radius 3 is 2.48 bits per heavy atom. The van der Waals surface area contributed by atoms with E-state index in [1.54, 1.807) is 6.07 Å². The number of halogens is 3. The van der Waals surface area contributed by atoms with E-state index in [1.165, 1.54) is 24.1 Å². The quantitative estimate of drug-likeness (QED) is 0.748. The summed E-state index contributed by atoms with van der Waals surface area (Å²) in [6, 6.07) is 2.82. The van der Waals surface area contributed by atoms with Crippen LogP contribution in [0.5, 0.6) is 11.5 Å². The number of ether oxygens (including phenoxy) is 2. The molecule has 9 heteroatoms. The summed E-state index contributed by atoms with van der Waals surface area (Å²) in [5.74, 6) is 0.234. The lowest BCUT2D eigenvalue weighted by molar-refractivity contribution is -0.183. The van der Waals surface area contributed by atoms with Gasteiger partial charge in [0, 0.05) is 38.3 Å². The topological polar surface area (TPSA) is 62.8 Å². The van der Waals surface area contributed by atoms with E-state index in [2.05, 4.69) is 10.6 Å². The van der Waals surface area contributed by atoms with Crippen LogP contribution in [0.1, 0.15) is 24.2 Å². The van der Waals surface area contributed by atoms with Gasteiger partial charge in [0.15, 0.2) is 11.5 Å². The fourth-order valence-corrected chi connectivity index (χ4v) is 2.90. The molecule has 0 radical (unpaired) electrons. The van der Waals surface area contributed by atoms with Crippen LogP contribution in [-0.2, 0) is 0 Å². The molecule has 2 rings (SSSR count). The highest BCUT2D eigenvalue weighted by atomic mass is 19.4. The molecule has 1 heterocycles. The summed E-state index contributed by atoms with van der Waals surface area (Å²) in [6.45, 7) is 4.77. The second kappa shape index (κ2) is 9.27. The van der Waals surface area contributed by atoms with E-state index in [4.69, 9.17) is 9.47 Å². The van der Waals surface area contributed by atoms with Gasteiger partial charge < -0.3 is 20.1 Å². The van der Waals surface area contributed by atoms with Gasteiger partial charge >= 0.3 is 6.18 Å². The number of carbonyl (C=O) groups excluding carboxylic acids is 1. The van der Waals surface area contributed by atoms with E-state index in [1.807, 2.05) is 13.8 Å². The first kappa shape index (κ1) is 21.3. The first-order valence-electron chi connectivity index (χ1n) is 8.86. The van der Waals surface area contributed by atoms with Crippen LogP contribution < -0.4 is 20.1 Å². The summed E-state index contributed by atoms with van der Waals surface area (Å²) < 4.78 is 51.0. The van der Waals surface area contributed by atoms with Crippen molar-refractivity contribution in [2.45, 2.75) is 32.2 Å². The van der Waals surface area contributed by atoms with Gasteiger partial charge in [0.05, 0.1) is 13.2 Å². The zero-order valence-electron chi connectivity index (χ0n) is 15.7. The number of rotatable bonds is 7. The highest BCUT2D eigenvalue weighted by Crippen LogP contribution is 2.29. The third-order valence-electron chi connectivity index (χ3n) is 4.21. The van der Waals surface area contributed by atoms with Crippen molar-refractivity contribution in [3.05, 3.63) is 23.8 Å². The maximum absolute atomic E-state index is 13.4. The smallest absolute Gasteiger partial charge is 0.405 e. The average molecular weight is 389 g/mol. The minimum Gasteiger partial charge on any atom is -0.493 e. The number of piperazine rings is 1. The van der Waals surface area contributed by atoms with E-state index in [9.17, 15) is 18.0 Å². The number of hydrogen-bond donors (Lipinski definition) is 2. The van der Waals surface area contributed by atoms with E-state index >= 15 is 0 Å². The molecule has 0 aliphatic carbocycles. The molecule has 1 unspecified atom stereocenters. The molecule has 2 N–H and O–H groups in total. The van der Waals surface area contributed by atoms with Crippen LogP contribution in [0.4, 0.5) is 13.2 Å². The van der Waals surface area contributed by atoms with E-state index in [0.29, 0.717) is 24.6 Å². The molecule has 6 nitrogen and oxygen atoms in total. The normalized spacial score (nSPS) is 16.9. The summed E-state index contributed by atoms with van der Waals surface area (Å²) in [4.78, 5) is 13.7. The number of methoxy groups -OCH3 is 1. The van der Waals surface area contributed by atoms with Gasteiger partial charge in [-0.15, -0.1) is 0 Å². The Morgan fingerprint density at radius 2 is 1.93 bits per heavy atom. The van der Waals surface area contributed by atoms with Gasteiger partial charge in [-0.2, -0.15) is 13.2 Å². The minimum atomic E-state index is -4.42. The summed E-state index contributed by atoms with van der Waals surface area (Å²) in [5, 5.41) is 5.42. The first-order valence-corrected chi connectivity index (χ1v) is 8.86. The predicted molar refractivity (Wildman–Crippen MR) is 95.4 cm³/mol. The van der Waals surface area contributed by atoms with E-state index in [0.717, 1.165) is 0 Å². The van der Waals surface area contributed by atoms with E-state index in [-0.39, 0.29) is 24.8 Å². The van der Waals surface area contributed by atoms with Gasteiger partial charge in [-0.05, 0) is 32.0 Å². The molecule has 27 heavy (non-hydrogen) atoms. The number of alkyl halides is 3. The molecule has 0 spiro atoms. The van der Waals surface area contributed by atoms with E-state index < -0.39 is 24.7 Å². The van der Waals surface area contributed by atoms with Gasteiger partial charge in [0.25, 0.3) is 5.91 Å². The first-order chi connectivity index (χ1) is 12.7. The molecular weight excluding hydrogens is 363 g/mol. The number of benzene rings is 1. The van der Waals surface area contributed by atoms with Crippen molar-refractivity contribution in [2.75, 3.05) is 39.8 Å². The molecule has 1 fully saturated rings. The predicted octanol–water partition coefficient (Wildman–Crippen LogP) is 2.05. The van der Waals surface area contributed by atoms with Crippen LogP contribution in [0, 0.1) is 0 Å². The molecule has 1 atom stereocenters. The maximum atomic E-state index is 13.4. The standard InChI is InChI=1S/C18H26F3N3O3/c1-12(2)27-14-5-4-13(10-15(14)26-3)17(25)23-11-16(18(19,20)21)24-8-6-22-7-9-24/h4-5,10,12,16,22H,6-9,11H2,1-3H3,(H,23,25). The third-order valence-corrected chi connectivity index (χ3v) is 4.21. The maximum Gasteiger partial charge on any atom is 0.405 e. The van der Waals surface area contributed by atoms with Crippen molar-refractivity contribution in [1.29, 1.82) is 0 Å². The molecule has 0 bridgehead atoms. The summed E-state index contributed by atoms with van der Waals surface area (Å²) in [7, 11) is 1.44. The van der Waals surface area contributed by atoms with Crippen LogP contribution in [-0.4, -0.2) is 69.0 Å². The largest absolute Gasteiger partial charge is 0.493 e. The molecule has 1 aromatic carbocycles. The second-order valence-electron chi connectivity index (χ2n) is 6.59. The Kier molecular flexibility index (Phi) is 7.32. The molecule has 1 amide bonds. The molecule has 1 aliphatic rings. The highest BCUT2D eigenvalue weighted by molar-refractivity contribution is 5.94. The van der Waals surface area contributed by atoms with Gasteiger partial charge in [-0.1, -0.05) is 0 Å². The summed E-state index contributed by atoms with van der Waals surface area (Å²) in [5.41, 5.74) is 0.212. The van der Waals surface area contributed by atoms with Crippen LogP contribution in [0.25, 0.3) is 0 Å².